The van der Waals surface area contributed by atoms with Gasteiger partial charge in [0.25, 0.3) is 0 Å². The quantitative estimate of drug-likeness (QED) is 0.244. The fourth-order valence-electron chi connectivity index (χ4n) is 5.39. The fourth-order valence-corrected chi connectivity index (χ4v) is 5.39. The molecule has 0 radical (unpaired) electrons. The predicted molar refractivity (Wildman–Crippen MR) is 153 cm³/mol. The Morgan fingerprint density at radius 1 is 0.900 bits per heavy atom. The van der Waals surface area contributed by atoms with Crippen molar-refractivity contribution in [2.75, 3.05) is 18.5 Å². The Morgan fingerprint density at radius 3 is 2.58 bits per heavy atom. The van der Waals surface area contributed by atoms with Gasteiger partial charge >= 0.3 is 0 Å². The number of nitrogens with zero attached hydrogens (tertiary/aromatic N) is 6. The first-order valence-corrected chi connectivity index (χ1v) is 13.4. The lowest BCUT2D eigenvalue weighted by atomic mass is 10.1. The molecule has 0 aliphatic carbocycles. The summed E-state index contributed by atoms with van der Waals surface area (Å²) in [5.74, 6) is 1.77. The molecule has 0 spiro atoms. The zero-order valence-corrected chi connectivity index (χ0v) is 21.9. The lowest BCUT2D eigenvalue weighted by Gasteiger charge is -2.18. The topological polar surface area (TPSA) is 90.6 Å². The summed E-state index contributed by atoms with van der Waals surface area (Å²) in [6.07, 6.45) is 5.20. The third-order valence-corrected chi connectivity index (χ3v) is 7.23. The molecular formula is C31H26FN7O. The van der Waals surface area contributed by atoms with Crippen LogP contribution in [0.4, 0.5) is 10.3 Å². The van der Waals surface area contributed by atoms with Gasteiger partial charge < -0.3 is 14.6 Å². The number of fused-ring (bicyclic) bond motifs is 4. The van der Waals surface area contributed by atoms with Crippen LogP contribution in [0, 0.1) is 5.82 Å². The van der Waals surface area contributed by atoms with Gasteiger partial charge in [0.05, 0.1) is 28.6 Å². The monoisotopic (exact) mass is 531 g/mol. The molecule has 198 valence electrons. The van der Waals surface area contributed by atoms with Crippen molar-refractivity contribution < 1.29 is 9.13 Å². The van der Waals surface area contributed by atoms with Crippen LogP contribution in [-0.2, 0) is 6.42 Å². The summed E-state index contributed by atoms with van der Waals surface area (Å²) in [6.45, 7) is 3.13. The van der Waals surface area contributed by atoms with Crippen molar-refractivity contribution in [1.82, 2.24) is 29.5 Å². The molecule has 1 atom stereocenters. The van der Waals surface area contributed by atoms with Gasteiger partial charge in [-0.1, -0.05) is 18.2 Å². The average molecular weight is 532 g/mol. The number of aromatic nitrogens is 6. The first kappa shape index (κ1) is 24.1. The number of anilines is 1. The molecule has 0 saturated carbocycles. The van der Waals surface area contributed by atoms with Crippen LogP contribution in [0.1, 0.15) is 25.2 Å². The Labute approximate surface area is 229 Å². The molecular weight excluding hydrogens is 505 g/mol. The average Bonchev–Trinajstić information content (AvgIpc) is 3.56. The second-order valence-corrected chi connectivity index (χ2v) is 9.76. The van der Waals surface area contributed by atoms with Crippen molar-refractivity contribution in [1.29, 1.82) is 0 Å². The van der Waals surface area contributed by atoms with E-state index in [1.807, 2.05) is 37.3 Å². The molecule has 6 aromatic rings. The number of aryl methyl sites for hydroxylation is 1. The van der Waals surface area contributed by atoms with E-state index in [9.17, 15) is 4.39 Å². The number of nitrogens with one attached hydrogen (secondary N) is 1. The van der Waals surface area contributed by atoms with Crippen LogP contribution in [0.3, 0.4) is 0 Å². The molecule has 4 aromatic heterocycles. The molecule has 0 amide bonds. The minimum absolute atomic E-state index is 0.0207. The summed E-state index contributed by atoms with van der Waals surface area (Å²) in [5, 5.41) is 5.25. The summed E-state index contributed by atoms with van der Waals surface area (Å²) in [7, 11) is 0. The highest BCUT2D eigenvalue weighted by molar-refractivity contribution is 6.02. The molecule has 1 unspecified atom stereocenters. The van der Waals surface area contributed by atoms with Crippen LogP contribution in [0.15, 0.2) is 79.1 Å². The number of pyridine rings is 2. The van der Waals surface area contributed by atoms with Gasteiger partial charge in [-0.2, -0.15) is 0 Å². The Hall–Kier alpha value is -4.92. The SMILES string of the molecule is CCNc1nccc(-c2c(-c3ccc(F)cc3)nc3n2C(COc2ccc4ccc5cccnc5c4n2)CC3)n1. The number of benzene rings is 2. The second kappa shape index (κ2) is 10.00. The molecule has 8 nitrogen and oxygen atoms in total. The summed E-state index contributed by atoms with van der Waals surface area (Å²) in [6, 6.07) is 20.3. The van der Waals surface area contributed by atoms with Crippen molar-refractivity contribution in [3.63, 3.8) is 0 Å². The van der Waals surface area contributed by atoms with Gasteiger partial charge in [0, 0.05) is 47.8 Å². The lowest BCUT2D eigenvalue weighted by molar-refractivity contribution is 0.248. The van der Waals surface area contributed by atoms with Crippen molar-refractivity contribution >= 4 is 27.8 Å². The van der Waals surface area contributed by atoms with Gasteiger partial charge in [-0.05, 0) is 55.8 Å². The first-order valence-electron chi connectivity index (χ1n) is 13.4. The van der Waals surface area contributed by atoms with E-state index >= 15 is 0 Å². The summed E-state index contributed by atoms with van der Waals surface area (Å²) in [5.41, 5.74) is 4.89. The van der Waals surface area contributed by atoms with Crippen LogP contribution < -0.4 is 10.1 Å². The maximum Gasteiger partial charge on any atom is 0.223 e. The Bertz CT molecular complexity index is 1850. The molecule has 0 fully saturated rings. The number of rotatable bonds is 7. The highest BCUT2D eigenvalue weighted by Gasteiger charge is 2.31. The Kier molecular flexibility index (Phi) is 6.03. The Morgan fingerprint density at radius 2 is 1.73 bits per heavy atom. The van der Waals surface area contributed by atoms with E-state index in [2.05, 4.69) is 32.0 Å². The van der Waals surface area contributed by atoms with E-state index in [-0.39, 0.29) is 11.9 Å². The number of ether oxygens (including phenoxy) is 1. The second-order valence-electron chi connectivity index (χ2n) is 9.76. The fraction of sp³-hybridized carbons (Fsp3) is 0.194. The highest BCUT2D eigenvalue weighted by atomic mass is 19.1. The Balaban J connectivity index is 1.26. The highest BCUT2D eigenvalue weighted by Crippen LogP contribution is 2.39. The van der Waals surface area contributed by atoms with E-state index in [1.54, 1.807) is 24.5 Å². The normalized spacial score (nSPS) is 14.5. The van der Waals surface area contributed by atoms with Gasteiger partial charge in [-0.15, -0.1) is 0 Å². The number of imidazole rings is 1. The van der Waals surface area contributed by atoms with Gasteiger partial charge in [-0.25, -0.2) is 24.3 Å². The molecule has 5 heterocycles. The van der Waals surface area contributed by atoms with Crippen LogP contribution in [0.2, 0.25) is 0 Å². The summed E-state index contributed by atoms with van der Waals surface area (Å²) >= 11 is 0. The van der Waals surface area contributed by atoms with Crippen molar-refractivity contribution in [2.45, 2.75) is 25.8 Å². The van der Waals surface area contributed by atoms with E-state index < -0.39 is 0 Å². The number of hydrogen-bond acceptors (Lipinski definition) is 7. The lowest BCUT2D eigenvalue weighted by Crippen LogP contribution is -2.16. The molecule has 7 rings (SSSR count). The molecule has 1 aliphatic heterocycles. The molecule has 40 heavy (non-hydrogen) atoms. The predicted octanol–water partition coefficient (Wildman–Crippen LogP) is 6.24. The minimum Gasteiger partial charge on any atom is -0.475 e. The largest absolute Gasteiger partial charge is 0.475 e. The van der Waals surface area contributed by atoms with E-state index in [0.717, 1.165) is 63.1 Å². The van der Waals surface area contributed by atoms with Gasteiger partial charge in [-0.3, -0.25) is 4.98 Å². The van der Waals surface area contributed by atoms with Crippen LogP contribution >= 0.6 is 0 Å². The molecule has 9 heteroatoms. The molecule has 1 aliphatic rings. The maximum atomic E-state index is 13.8. The van der Waals surface area contributed by atoms with Crippen molar-refractivity contribution in [3.05, 3.63) is 90.8 Å². The third kappa shape index (κ3) is 4.29. The standard InChI is InChI=1S/C31H26FN7O/c1-2-33-31-35-17-15-24(36-31)30-29(21-7-10-22(32)11-8-21)37-25-13-12-23(39(25)30)18-40-26-14-9-20-6-5-19-4-3-16-34-27(19)28(20)38-26/h3-11,14-17,23H,2,12-13,18H2,1H3,(H,33,35,36). The molecule has 0 bridgehead atoms. The van der Waals surface area contributed by atoms with Crippen LogP contribution in [0.25, 0.3) is 44.5 Å². The van der Waals surface area contributed by atoms with Crippen LogP contribution in [-0.4, -0.2) is 42.6 Å². The summed E-state index contributed by atoms with van der Waals surface area (Å²) < 4.78 is 22.3. The van der Waals surface area contributed by atoms with Crippen molar-refractivity contribution in [3.8, 4) is 28.5 Å². The van der Waals surface area contributed by atoms with Crippen molar-refractivity contribution in [2.24, 2.45) is 0 Å². The van der Waals surface area contributed by atoms with Gasteiger partial charge in [0.2, 0.25) is 11.8 Å². The zero-order valence-electron chi connectivity index (χ0n) is 21.9. The molecule has 0 saturated heterocycles. The van der Waals surface area contributed by atoms with E-state index in [4.69, 9.17) is 19.7 Å². The maximum absolute atomic E-state index is 13.8. The molecule has 2 aromatic carbocycles. The number of halogens is 1. The van der Waals surface area contributed by atoms with Gasteiger partial charge in [0.15, 0.2) is 0 Å². The number of hydrogen-bond donors (Lipinski definition) is 1. The zero-order chi connectivity index (χ0) is 27.1. The first-order chi connectivity index (χ1) is 19.7. The van der Waals surface area contributed by atoms with Gasteiger partial charge in [0.1, 0.15) is 23.8 Å². The third-order valence-electron chi connectivity index (χ3n) is 7.23. The van der Waals surface area contributed by atoms with Crippen LogP contribution in [0.5, 0.6) is 5.88 Å². The minimum atomic E-state index is -0.286. The molecule has 1 N–H and O–H groups in total. The van der Waals surface area contributed by atoms with E-state index in [1.165, 1.54) is 12.1 Å². The summed E-state index contributed by atoms with van der Waals surface area (Å²) in [4.78, 5) is 23.5. The van der Waals surface area contributed by atoms with E-state index in [0.29, 0.717) is 25.0 Å². The smallest absolute Gasteiger partial charge is 0.223 e.